The van der Waals surface area contributed by atoms with E-state index in [2.05, 4.69) is 35.7 Å². The molecule has 0 saturated heterocycles. The van der Waals surface area contributed by atoms with Crippen LogP contribution in [-0.2, 0) is 4.79 Å². The van der Waals surface area contributed by atoms with Crippen molar-refractivity contribution in [3.63, 3.8) is 0 Å². The van der Waals surface area contributed by atoms with Crippen LogP contribution in [0.1, 0.15) is 18.9 Å². The van der Waals surface area contributed by atoms with Crippen molar-refractivity contribution in [2.24, 2.45) is 0 Å². The first-order chi connectivity index (χ1) is 9.72. The zero-order valence-electron chi connectivity index (χ0n) is 11.8. The molecule has 2 rings (SSSR count). The molecular weight excluding hydrogens is 250 g/mol. The highest BCUT2D eigenvalue weighted by atomic mass is 16.5. The van der Waals surface area contributed by atoms with Crippen molar-refractivity contribution >= 4 is 22.8 Å². The molecule has 0 atom stereocenters. The molecule has 0 fully saturated rings. The fourth-order valence-electron chi connectivity index (χ4n) is 2.16. The molecule has 0 spiro atoms. The van der Waals surface area contributed by atoms with Crippen molar-refractivity contribution in [2.75, 3.05) is 13.7 Å². The lowest BCUT2D eigenvalue weighted by molar-refractivity contribution is -0.118. The fourth-order valence-corrected chi connectivity index (χ4v) is 2.16. The highest BCUT2D eigenvalue weighted by molar-refractivity contribution is 5.93. The van der Waals surface area contributed by atoms with Gasteiger partial charge in [0.05, 0.1) is 7.11 Å². The summed E-state index contributed by atoms with van der Waals surface area (Å²) in [5, 5.41) is 5.13. The fraction of sp³-hybridized carbons (Fsp3) is 0.235. The second-order valence-electron chi connectivity index (χ2n) is 4.58. The van der Waals surface area contributed by atoms with Gasteiger partial charge in [-0.25, -0.2) is 0 Å². The quantitative estimate of drug-likeness (QED) is 0.845. The van der Waals surface area contributed by atoms with Gasteiger partial charge in [0.15, 0.2) is 0 Å². The summed E-state index contributed by atoms with van der Waals surface area (Å²) in [7, 11) is 1.68. The summed E-state index contributed by atoms with van der Waals surface area (Å²) >= 11 is 0. The Balaban J connectivity index is 2.22. The Hall–Kier alpha value is -2.29. The normalized spacial score (nSPS) is 10.9. The Bertz CT molecular complexity index is 632. The molecule has 0 aliphatic carbocycles. The Labute approximate surface area is 119 Å². The molecule has 3 heteroatoms. The summed E-state index contributed by atoms with van der Waals surface area (Å²) in [5.74, 6) is 0.862. The van der Waals surface area contributed by atoms with Gasteiger partial charge >= 0.3 is 0 Å². The molecule has 1 amide bonds. The Morgan fingerprint density at radius 2 is 2.05 bits per heavy atom. The third-order valence-electron chi connectivity index (χ3n) is 3.12. The van der Waals surface area contributed by atoms with Gasteiger partial charge in [-0.3, -0.25) is 4.79 Å². The molecule has 20 heavy (non-hydrogen) atoms. The average molecular weight is 269 g/mol. The van der Waals surface area contributed by atoms with Gasteiger partial charge in [-0.2, -0.15) is 0 Å². The van der Waals surface area contributed by atoms with Crippen LogP contribution in [0.4, 0.5) is 0 Å². The van der Waals surface area contributed by atoms with E-state index in [1.54, 1.807) is 7.11 Å². The number of hydrogen-bond acceptors (Lipinski definition) is 2. The topological polar surface area (TPSA) is 38.3 Å². The van der Waals surface area contributed by atoms with E-state index < -0.39 is 0 Å². The highest BCUT2D eigenvalue weighted by Gasteiger charge is 2.04. The van der Waals surface area contributed by atoms with Gasteiger partial charge in [0.2, 0.25) is 5.91 Å². The number of hydrogen-bond donors (Lipinski definition) is 1. The number of nitrogens with one attached hydrogen (secondary N) is 1. The summed E-state index contributed by atoms with van der Waals surface area (Å²) in [6.45, 7) is 2.18. The zero-order valence-corrected chi connectivity index (χ0v) is 11.8. The Morgan fingerprint density at radius 1 is 1.25 bits per heavy atom. The third kappa shape index (κ3) is 3.38. The summed E-state index contributed by atoms with van der Waals surface area (Å²) in [4.78, 5) is 10.8. The lowest BCUT2D eigenvalue weighted by atomic mass is 10.0. The maximum absolute atomic E-state index is 10.8. The van der Waals surface area contributed by atoms with Gasteiger partial charge < -0.3 is 10.1 Å². The van der Waals surface area contributed by atoms with E-state index >= 15 is 0 Å². The number of benzene rings is 2. The maximum atomic E-state index is 10.8. The van der Waals surface area contributed by atoms with Crippen LogP contribution in [0.15, 0.2) is 42.5 Å². The molecule has 1 N–H and O–H groups in total. The van der Waals surface area contributed by atoms with E-state index in [9.17, 15) is 4.79 Å². The lowest BCUT2D eigenvalue weighted by Crippen LogP contribution is -2.20. The number of amides is 1. The van der Waals surface area contributed by atoms with E-state index in [4.69, 9.17) is 4.74 Å². The number of carbonyl (C=O) groups is 1. The van der Waals surface area contributed by atoms with Crippen LogP contribution in [0.2, 0.25) is 0 Å². The third-order valence-corrected chi connectivity index (χ3v) is 3.12. The van der Waals surface area contributed by atoms with E-state index in [0.29, 0.717) is 6.54 Å². The number of fused-ring (bicyclic) bond motifs is 1. The maximum Gasteiger partial charge on any atom is 0.216 e. The zero-order chi connectivity index (χ0) is 14.4. The van der Waals surface area contributed by atoms with Crippen molar-refractivity contribution in [1.82, 2.24) is 5.32 Å². The van der Waals surface area contributed by atoms with Crippen molar-refractivity contribution < 1.29 is 9.53 Å². The first-order valence-corrected chi connectivity index (χ1v) is 6.69. The van der Waals surface area contributed by atoms with E-state index in [1.165, 1.54) is 17.7 Å². The van der Waals surface area contributed by atoms with Gasteiger partial charge in [-0.05, 0) is 23.3 Å². The molecule has 2 aromatic rings. The molecule has 0 aliphatic rings. The molecular formula is C17H19NO2. The monoisotopic (exact) mass is 269 g/mol. The molecule has 3 nitrogen and oxygen atoms in total. The minimum absolute atomic E-state index is 0.00106. The molecule has 0 aromatic heterocycles. The predicted octanol–water partition coefficient (Wildman–Crippen LogP) is 3.39. The largest absolute Gasteiger partial charge is 0.496 e. The predicted molar refractivity (Wildman–Crippen MR) is 82.8 cm³/mol. The van der Waals surface area contributed by atoms with Crippen molar-refractivity contribution in [1.29, 1.82) is 0 Å². The molecule has 0 saturated carbocycles. The van der Waals surface area contributed by atoms with Crippen molar-refractivity contribution in [3.05, 3.63) is 48.0 Å². The highest BCUT2D eigenvalue weighted by Crippen LogP contribution is 2.29. The summed E-state index contributed by atoms with van der Waals surface area (Å²) in [6, 6.07) is 12.3. The van der Waals surface area contributed by atoms with E-state index in [1.807, 2.05) is 18.2 Å². The summed E-state index contributed by atoms with van der Waals surface area (Å²) in [6.07, 6.45) is 4.91. The number of methoxy groups -OCH3 is 1. The van der Waals surface area contributed by atoms with Crippen LogP contribution in [-0.4, -0.2) is 19.6 Å². The standard InChI is InChI=1S/C17H19NO2/c1-13(19)18-12-6-5-9-16-15-8-4-3-7-14(15)10-11-17(16)20-2/h3-5,7-11H,6,12H2,1-2H3,(H,18,19). The smallest absolute Gasteiger partial charge is 0.216 e. The number of rotatable bonds is 5. The Kier molecular flexibility index (Phi) is 4.77. The molecule has 0 unspecified atom stereocenters. The molecule has 0 heterocycles. The molecule has 0 radical (unpaired) electrons. The van der Waals surface area contributed by atoms with Gasteiger partial charge in [0.1, 0.15) is 5.75 Å². The van der Waals surface area contributed by atoms with Crippen molar-refractivity contribution in [3.8, 4) is 5.75 Å². The first kappa shape index (κ1) is 14.1. The second-order valence-corrected chi connectivity index (χ2v) is 4.58. The second kappa shape index (κ2) is 6.75. The summed E-state index contributed by atoms with van der Waals surface area (Å²) in [5.41, 5.74) is 1.08. The number of carbonyl (C=O) groups excluding carboxylic acids is 1. The van der Waals surface area contributed by atoms with Crippen molar-refractivity contribution in [2.45, 2.75) is 13.3 Å². The van der Waals surface area contributed by atoms with Gasteiger partial charge in [-0.15, -0.1) is 0 Å². The van der Waals surface area contributed by atoms with Crippen LogP contribution >= 0.6 is 0 Å². The molecule has 0 bridgehead atoms. The molecule has 2 aromatic carbocycles. The van der Waals surface area contributed by atoms with Crippen LogP contribution in [0, 0.1) is 0 Å². The minimum Gasteiger partial charge on any atom is -0.496 e. The van der Waals surface area contributed by atoms with Crippen LogP contribution < -0.4 is 10.1 Å². The van der Waals surface area contributed by atoms with E-state index in [-0.39, 0.29) is 5.91 Å². The minimum atomic E-state index is 0.00106. The van der Waals surface area contributed by atoms with E-state index in [0.717, 1.165) is 17.7 Å². The van der Waals surface area contributed by atoms with Gasteiger partial charge in [0, 0.05) is 19.0 Å². The number of ether oxygens (including phenoxy) is 1. The average Bonchev–Trinajstić information content (AvgIpc) is 2.46. The van der Waals surface area contributed by atoms with Crippen LogP contribution in [0.3, 0.4) is 0 Å². The molecule has 104 valence electrons. The van der Waals surface area contributed by atoms with Crippen LogP contribution in [0.25, 0.3) is 16.8 Å². The first-order valence-electron chi connectivity index (χ1n) is 6.69. The SMILES string of the molecule is COc1ccc2ccccc2c1C=CCCNC(C)=O. The Morgan fingerprint density at radius 3 is 2.80 bits per heavy atom. The van der Waals surface area contributed by atoms with Crippen LogP contribution in [0.5, 0.6) is 5.75 Å². The lowest BCUT2D eigenvalue weighted by Gasteiger charge is -2.08. The van der Waals surface area contributed by atoms with Gasteiger partial charge in [0.25, 0.3) is 0 Å². The summed E-state index contributed by atoms with van der Waals surface area (Å²) < 4.78 is 5.43. The molecule has 0 aliphatic heterocycles. The van der Waals surface area contributed by atoms with Gasteiger partial charge in [-0.1, -0.05) is 42.5 Å².